The second-order valence-electron chi connectivity index (χ2n) is 2.59. The summed E-state index contributed by atoms with van der Waals surface area (Å²) in [6.07, 6.45) is 1.70. The molecule has 0 saturated carbocycles. The molecule has 0 fully saturated rings. The van der Waals surface area contributed by atoms with Crippen LogP contribution in [-0.2, 0) is 0 Å². The molecule has 0 aliphatic rings. The Morgan fingerprint density at radius 1 is 1.57 bits per heavy atom. The standard InChI is InChI=1S/C9H11N3OS/c1-10-9(14)12-11-6-7-3-2-4-8(13)5-7/h2-6,13H,1H3,(H2,10,12,14)/p+1. The lowest BCUT2D eigenvalue weighted by molar-refractivity contribution is -0.500. The summed E-state index contributed by atoms with van der Waals surface area (Å²) in [5.41, 5.74) is 3.59. The monoisotopic (exact) mass is 210 g/mol. The Kier molecular flexibility index (Phi) is 3.87. The first-order valence-electron chi connectivity index (χ1n) is 4.08. The maximum absolute atomic E-state index is 9.16. The normalized spacial score (nSPS) is 10.1. The van der Waals surface area contributed by atoms with Gasteiger partial charge in [-0.15, -0.1) is 10.5 Å². The summed E-state index contributed by atoms with van der Waals surface area (Å²) in [6.45, 7) is 0. The number of rotatable bonds is 2. The molecule has 1 aromatic carbocycles. The number of hydrogen-bond donors (Lipinski definition) is 4. The third-order valence-electron chi connectivity index (χ3n) is 1.52. The van der Waals surface area contributed by atoms with Gasteiger partial charge in [0.1, 0.15) is 5.75 Å². The Morgan fingerprint density at radius 3 is 3.00 bits per heavy atom. The summed E-state index contributed by atoms with van der Waals surface area (Å²) in [6, 6.07) is 6.87. The zero-order valence-electron chi connectivity index (χ0n) is 7.74. The summed E-state index contributed by atoms with van der Waals surface area (Å²) in [4.78, 5) is 0. The highest BCUT2D eigenvalue weighted by molar-refractivity contribution is 7.80. The van der Waals surface area contributed by atoms with Crippen molar-refractivity contribution in [3.8, 4) is 5.75 Å². The Morgan fingerprint density at radius 2 is 2.36 bits per heavy atom. The van der Waals surface area contributed by atoms with Crippen LogP contribution in [0, 0.1) is 0 Å². The van der Waals surface area contributed by atoms with Crippen LogP contribution in [-0.4, -0.2) is 23.5 Å². The van der Waals surface area contributed by atoms with Gasteiger partial charge in [-0.2, -0.15) is 0 Å². The topological polar surface area (TPSA) is 58.3 Å². The third kappa shape index (κ3) is 3.40. The molecule has 5 heteroatoms. The van der Waals surface area contributed by atoms with Gasteiger partial charge in [0.15, 0.2) is 6.21 Å². The quantitative estimate of drug-likeness (QED) is 0.284. The van der Waals surface area contributed by atoms with E-state index in [1.165, 1.54) is 0 Å². The smallest absolute Gasteiger partial charge is 0.223 e. The first-order valence-corrected chi connectivity index (χ1v) is 4.48. The minimum Gasteiger partial charge on any atom is -0.508 e. The lowest BCUT2D eigenvalue weighted by atomic mass is 10.2. The maximum atomic E-state index is 9.16. The maximum Gasteiger partial charge on any atom is 0.223 e. The van der Waals surface area contributed by atoms with E-state index in [0.29, 0.717) is 5.11 Å². The van der Waals surface area contributed by atoms with Gasteiger partial charge in [-0.1, -0.05) is 6.07 Å². The number of aromatic hydroxyl groups is 1. The molecule has 0 amide bonds. The second kappa shape index (κ2) is 5.18. The molecule has 0 aliphatic carbocycles. The Balaban J connectivity index is 2.56. The van der Waals surface area contributed by atoms with Gasteiger partial charge in [0, 0.05) is 12.6 Å². The van der Waals surface area contributed by atoms with Crippen LogP contribution in [0.5, 0.6) is 5.75 Å². The highest BCUT2D eigenvalue weighted by atomic mass is 32.1. The zero-order valence-corrected chi connectivity index (χ0v) is 8.56. The zero-order chi connectivity index (χ0) is 10.4. The Hall–Kier alpha value is -1.62. The van der Waals surface area contributed by atoms with Crippen LogP contribution in [0.25, 0.3) is 0 Å². The van der Waals surface area contributed by atoms with E-state index in [2.05, 4.69) is 15.8 Å². The van der Waals surface area contributed by atoms with E-state index < -0.39 is 0 Å². The van der Waals surface area contributed by atoms with Crippen LogP contribution in [0.3, 0.4) is 0 Å². The summed E-state index contributed by atoms with van der Waals surface area (Å²) in [7, 11) is 1.73. The van der Waals surface area contributed by atoms with E-state index in [1.54, 1.807) is 31.5 Å². The predicted molar refractivity (Wildman–Crippen MR) is 59.0 cm³/mol. The number of hydrazone groups is 1. The molecule has 4 nitrogen and oxygen atoms in total. The predicted octanol–water partition coefficient (Wildman–Crippen LogP) is -1.10. The number of thiocarbonyl (C=S) groups is 1. The van der Waals surface area contributed by atoms with E-state index in [1.807, 2.05) is 6.07 Å². The minimum absolute atomic E-state index is 0.233. The molecule has 14 heavy (non-hydrogen) atoms. The van der Waals surface area contributed by atoms with Crippen molar-refractivity contribution in [3.05, 3.63) is 29.8 Å². The number of hydrazine groups is 1. The van der Waals surface area contributed by atoms with Gasteiger partial charge in [0.2, 0.25) is 5.11 Å². The van der Waals surface area contributed by atoms with E-state index in [9.17, 15) is 0 Å². The number of benzene rings is 1. The van der Waals surface area contributed by atoms with Gasteiger partial charge in [-0.25, -0.2) is 0 Å². The van der Waals surface area contributed by atoms with E-state index in [0.717, 1.165) is 5.56 Å². The SMILES string of the molecule is CNC(=S)N[NH+]=Cc1cccc(O)c1. The van der Waals surface area contributed by atoms with Gasteiger partial charge < -0.3 is 10.4 Å². The van der Waals surface area contributed by atoms with Crippen molar-refractivity contribution < 1.29 is 10.2 Å². The molecule has 0 heterocycles. The number of phenols is 1. The molecule has 0 aliphatic heterocycles. The lowest BCUT2D eigenvalue weighted by Crippen LogP contribution is -2.82. The molecule has 1 aromatic rings. The van der Waals surface area contributed by atoms with Crippen molar-refractivity contribution in [1.82, 2.24) is 10.7 Å². The van der Waals surface area contributed by atoms with E-state index >= 15 is 0 Å². The van der Waals surface area contributed by atoms with Gasteiger partial charge in [-0.3, -0.25) is 0 Å². The van der Waals surface area contributed by atoms with Crippen LogP contribution in [0.4, 0.5) is 0 Å². The molecule has 4 N–H and O–H groups in total. The Labute approximate surface area is 87.6 Å². The van der Waals surface area contributed by atoms with Crippen LogP contribution < -0.4 is 15.8 Å². The first-order chi connectivity index (χ1) is 6.72. The van der Waals surface area contributed by atoms with Crippen molar-refractivity contribution >= 4 is 23.5 Å². The summed E-state index contributed by atoms with van der Waals surface area (Å²) < 4.78 is 0. The molecular weight excluding hydrogens is 198 g/mol. The average Bonchev–Trinajstić information content (AvgIpc) is 2.17. The molecule has 0 spiro atoms. The third-order valence-corrected chi connectivity index (χ3v) is 1.83. The fourth-order valence-corrected chi connectivity index (χ4v) is 0.921. The average molecular weight is 210 g/mol. The van der Waals surface area contributed by atoms with Crippen molar-refractivity contribution in [2.24, 2.45) is 0 Å². The van der Waals surface area contributed by atoms with Crippen molar-refractivity contribution in [2.75, 3.05) is 7.05 Å². The molecule has 0 atom stereocenters. The molecule has 0 radical (unpaired) electrons. The lowest BCUT2D eigenvalue weighted by Gasteiger charge is -1.94. The van der Waals surface area contributed by atoms with Crippen molar-refractivity contribution in [2.45, 2.75) is 0 Å². The first kappa shape index (κ1) is 10.5. The highest BCUT2D eigenvalue weighted by Crippen LogP contribution is 2.07. The van der Waals surface area contributed by atoms with Gasteiger partial charge in [0.05, 0.1) is 0 Å². The summed E-state index contributed by atoms with van der Waals surface area (Å²) >= 11 is 4.84. The van der Waals surface area contributed by atoms with Gasteiger partial charge >= 0.3 is 0 Å². The van der Waals surface area contributed by atoms with Crippen LogP contribution in [0.2, 0.25) is 0 Å². The fraction of sp³-hybridized carbons (Fsp3) is 0.111. The molecule has 74 valence electrons. The molecule has 0 saturated heterocycles. The highest BCUT2D eigenvalue weighted by Gasteiger charge is 1.94. The summed E-state index contributed by atoms with van der Waals surface area (Å²) in [5, 5.41) is 15.2. The number of phenolic OH excluding ortho intramolecular Hbond substituents is 1. The van der Waals surface area contributed by atoms with E-state index in [-0.39, 0.29) is 5.75 Å². The van der Waals surface area contributed by atoms with Gasteiger partial charge in [-0.05, 0) is 30.4 Å². The molecule has 0 bridgehead atoms. The fourth-order valence-electron chi connectivity index (χ4n) is 0.862. The second-order valence-corrected chi connectivity index (χ2v) is 3.00. The molecular formula is C9H12N3OS+. The number of nitrogens with one attached hydrogen (secondary N) is 3. The van der Waals surface area contributed by atoms with Crippen molar-refractivity contribution in [1.29, 1.82) is 0 Å². The number of hydrogen-bond acceptors (Lipinski definition) is 2. The van der Waals surface area contributed by atoms with Crippen LogP contribution in [0.1, 0.15) is 5.56 Å². The Bertz CT molecular complexity index is 352. The minimum atomic E-state index is 0.233. The largest absolute Gasteiger partial charge is 0.508 e. The molecule has 0 unspecified atom stereocenters. The van der Waals surface area contributed by atoms with Crippen molar-refractivity contribution in [3.63, 3.8) is 0 Å². The van der Waals surface area contributed by atoms with E-state index in [4.69, 9.17) is 17.3 Å². The molecule has 1 rings (SSSR count). The van der Waals surface area contributed by atoms with Gasteiger partial charge in [0.25, 0.3) is 0 Å². The van der Waals surface area contributed by atoms with Crippen LogP contribution in [0.15, 0.2) is 24.3 Å². The van der Waals surface area contributed by atoms with Crippen LogP contribution >= 0.6 is 12.2 Å². The molecule has 0 aromatic heterocycles. The summed E-state index contributed by atoms with van der Waals surface area (Å²) in [5.74, 6) is 0.233.